The van der Waals surface area contributed by atoms with Crippen LogP contribution < -0.4 is 10.6 Å². The van der Waals surface area contributed by atoms with Crippen molar-refractivity contribution in [2.24, 2.45) is 5.41 Å². The second kappa shape index (κ2) is 5.89. The first-order chi connectivity index (χ1) is 9.88. The molecule has 6 heteroatoms. The van der Waals surface area contributed by atoms with Crippen molar-refractivity contribution in [1.29, 1.82) is 0 Å². The minimum Gasteiger partial charge on any atom is -0.385 e. The van der Waals surface area contributed by atoms with Gasteiger partial charge in [0.05, 0.1) is 11.0 Å². The standard InChI is InChI=1S/C15H23N3O3/c1-5-16-10-6-11(8-12(7-10)18(19)20)17-13-9-14(21-4)15(13,2)3/h6-8,13-14,16-17H,5,9H2,1-4H3. The molecule has 2 unspecified atom stereocenters. The summed E-state index contributed by atoms with van der Waals surface area (Å²) in [4.78, 5) is 10.7. The summed E-state index contributed by atoms with van der Waals surface area (Å²) in [6, 6.07) is 5.29. The molecule has 0 radical (unpaired) electrons. The van der Waals surface area contributed by atoms with Gasteiger partial charge in [-0.15, -0.1) is 0 Å². The molecule has 2 N–H and O–H groups in total. The molecule has 1 aromatic carbocycles. The lowest BCUT2D eigenvalue weighted by Crippen LogP contribution is -2.57. The number of anilines is 2. The Morgan fingerprint density at radius 3 is 2.57 bits per heavy atom. The normalized spacial score (nSPS) is 23.2. The van der Waals surface area contributed by atoms with Gasteiger partial charge in [-0.25, -0.2) is 0 Å². The van der Waals surface area contributed by atoms with Crippen LogP contribution >= 0.6 is 0 Å². The highest BCUT2D eigenvalue weighted by molar-refractivity contribution is 5.64. The van der Waals surface area contributed by atoms with Crippen molar-refractivity contribution in [1.82, 2.24) is 0 Å². The predicted molar refractivity (Wildman–Crippen MR) is 83.9 cm³/mol. The van der Waals surface area contributed by atoms with Gasteiger partial charge < -0.3 is 15.4 Å². The highest BCUT2D eigenvalue weighted by Gasteiger charge is 2.48. The zero-order valence-electron chi connectivity index (χ0n) is 13.0. The molecule has 21 heavy (non-hydrogen) atoms. The summed E-state index contributed by atoms with van der Waals surface area (Å²) in [5.74, 6) is 0. The summed E-state index contributed by atoms with van der Waals surface area (Å²) in [6.45, 7) is 6.97. The van der Waals surface area contributed by atoms with Crippen LogP contribution in [0.15, 0.2) is 18.2 Å². The Kier molecular flexibility index (Phi) is 4.37. The van der Waals surface area contributed by atoms with Crippen molar-refractivity contribution in [3.63, 3.8) is 0 Å². The van der Waals surface area contributed by atoms with E-state index in [-0.39, 0.29) is 28.2 Å². The number of methoxy groups -OCH3 is 1. The fourth-order valence-electron chi connectivity index (χ4n) is 2.84. The summed E-state index contributed by atoms with van der Waals surface area (Å²) in [6.07, 6.45) is 1.13. The zero-order valence-corrected chi connectivity index (χ0v) is 13.0. The lowest BCUT2D eigenvalue weighted by molar-refractivity contribution is -0.384. The second-order valence-electron chi connectivity index (χ2n) is 6.03. The molecule has 2 rings (SSSR count). The van der Waals surface area contributed by atoms with Crippen LogP contribution in [0.4, 0.5) is 17.1 Å². The van der Waals surface area contributed by atoms with E-state index in [0.29, 0.717) is 0 Å². The summed E-state index contributed by atoms with van der Waals surface area (Å²) in [5, 5.41) is 17.6. The van der Waals surface area contributed by atoms with Crippen molar-refractivity contribution in [3.05, 3.63) is 28.3 Å². The number of benzene rings is 1. The Balaban J connectivity index is 2.18. The monoisotopic (exact) mass is 293 g/mol. The summed E-state index contributed by atoms with van der Waals surface area (Å²) >= 11 is 0. The van der Waals surface area contributed by atoms with Crippen LogP contribution in [0.25, 0.3) is 0 Å². The van der Waals surface area contributed by atoms with E-state index in [0.717, 1.165) is 24.3 Å². The average molecular weight is 293 g/mol. The minimum atomic E-state index is -0.365. The Morgan fingerprint density at radius 2 is 2.05 bits per heavy atom. The van der Waals surface area contributed by atoms with Crippen molar-refractivity contribution in [2.45, 2.75) is 39.3 Å². The largest absolute Gasteiger partial charge is 0.385 e. The maximum Gasteiger partial charge on any atom is 0.273 e. The number of nitrogens with zero attached hydrogens (tertiary/aromatic N) is 1. The Bertz CT molecular complexity index is 531. The molecule has 2 atom stereocenters. The Labute approximate surface area is 125 Å². The van der Waals surface area contributed by atoms with E-state index in [9.17, 15) is 10.1 Å². The van der Waals surface area contributed by atoms with Crippen LogP contribution in [0.1, 0.15) is 27.2 Å². The van der Waals surface area contributed by atoms with Gasteiger partial charge in [-0.3, -0.25) is 10.1 Å². The van der Waals surface area contributed by atoms with E-state index >= 15 is 0 Å². The summed E-state index contributed by atoms with van der Waals surface area (Å²) in [7, 11) is 1.72. The molecule has 1 aromatic rings. The summed E-state index contributed by atoms with van der Waals surface area (Å²) in [5.41, 5.74) is 1.64. The van der Waals surface area contributed by atoms with Gasteiger partial charge in [0.2, 0.25) is 0 Å². The highest BCUT2D eigenvalue weighted by Crippen LogP contribution is 2.44. The number of nitro benzene ring substituents is 1. The van der Waals surface area contributed by atoms with Crippen LogP contribution in [0.2, 0.25) is 0 Å². The minimum absolute atomic E-state index is 0.0116. The first-order valence-corrected chi connectivity index (χ1v) is 7.21. The molecule has 6 nitrogen and oxygen atoms in total. The lowest BCUT2D eigenvalue weighted by Gasteiger charge is -2.51. The van der Waals surface area contributed by atoms with E-state index in [4.69, 9.17) is 4.74 Å². The first kappa shape index (κ1) is 15.6. The van der Waals surface area contributed by atoms with Gasteiger partial charge in [0.15, 0.2) is 0 Å². The van der Waals surface area contributed by atoms with Crippen LogP contribution in [-0.2, 0) is 4.74 Å². The zero-order chi connectivity index (χ0) is 15.6. The van der Waals surface area contributed by atoms with Gasteiger partial charge >= 0.3 is 0 Å². The lowest BCUT2D eigenvalue weighted by atomic mass is 9.64. The fourth-order valence-corrected chi connectivity index (χ4v) is 2.84. The Hall–Kier alpha value is -1.82. The molecule has 0 saturated heterocycles. The van der Waals surface area contributed by atoms with Crippen LogP contribution in [0, 0.1) is 15.5 Å². The van der Waals surface area contributed by atoms with Crippen LogP contribution in [0.3, 0.4) is 0 Å². The molecule has 1 saturated carbocycles. The molecule has 0 amide bonds. The van der Waals surface area contributed by atoms with E-state index < -0.39 is 0 Å². The van der Waals surface area contributed by atoms with Crippen LogP contribution in [0.5, 0.6) is 0 Å². The quantitative estimate of drug-likeness (QED) is 0.622. The van der Waals surface area contributed by atoms with Crippen molar-refractivity contribution in [2.75, 3.05) is 24.3 Å². The number of nitro groups is 1. The fraction of sp³-hybridized carbons (Fsp3) is 0.600. The third-order valence-corrected chi connectivity index (χ3v) is 4.31. The number of non-ortho nitro benzene ring substituents is 1. The maximum absolute atomic E-state index is 11.0. The third-order valence-electron chi connectivity index (χ3n) is 4.31. The number of hydrogen-bond acceptors (Lipinski definition) is 5. The number of hydrogen-bond donors (Lipinski definition) is 2. The molecular formula is C15H23N3O3. The summed E-state index contributed by atoms with van der Waals surface area (Å²) < 4.78 is 5.43. The maximum atomic E-state index is 11.0. The van der Waals surface area contributed by atoms with Gasteiger partial charge in [0, 0.05) is 48.6 Å². The van der Waals surface area contributed by atoms with Crippen molar-refractivity contribution < 1.29 is 9.66 Å². The SMILES string of the molecule is CCNc1cc(NC2CC(OC)C2(C)C)cc([N+](=O)[O-])c1. The second-order valence-corrected chi connectivity index (χ2v) is 6.03. The molecule has 1 fully saturated rings. The Morgan fingerprint density at radius 1 is 1.38 bits per heavy atom. The average Bonchev–Trinajstić information content (AvgIpc) is 2.43. The predicted octanol–water partition coefficient (Wildman–Crippen LogP) is 3.25. The topological polar surface area (TPSA) is 76.4 Å². The first-order valence-electron chi connectivity index (χ1n) is 7.21. The van der Waals surface area contributed by atoms with E-state index in [1.165, 1.54) is 0 Å². The van der Waals surface area contributed by atoms with Gasteiger partial charge in [0.1, 0.15) is 0 Å². The molecule has 0 aromatic heterocycles. The molecule has 0 bridgehead atoms. The smallest absolute Gasteiger partial charge is 0.273 e. The number of rotatable bonds is 6. The molecule has 0 spiro atoms. The highest BCUT2D eigenvalue weighted by atomic mass is 16.6. The van der Waals surface area contributed by atoms with E-state index in [1.54, 1.807) is 19.2 Å². The van der Waals surface area contributed by atoms with Crippen molar-refractivity contribution in [3.8, 4) is 0 Å². The molecular weight excluding hydrogens is 270 g/mol. The van der Waals surface area contributed by atoms with E-state index in [1.807, 2.05) is 13.0 Å². The molecule has 0 heterocycles. The third kappa shape index (κ3) is 3.10. The van der Waals surface area contributed by atoms with Gasteiger partial charge in [-0.2, -0.15) is 0 Å². The molecule has 1 aliphatic carbocycles. The molecule has 1 aliphatic rings. The number of ether oxygens (including phenoxy) is 1. The molecule has 116 valence electrons. The van der Waals surface area contributed by atoms with Crippen molar-refractivity contribution >= 4 is 17.1 Å². The van der Waals surface area contributed by atoms with Gasteiger partial charge in [0.25, 0.3) is 5.69 Å². The van der Waals surface area contributed by atoms with E-state index in [2.05, 4.69) is 24.5 Å². The van der Waals surface area contributed by atoms with Gasteiger partial charge in [-0.1, -0.05) is 13.8 Å². The van der Waals surface area contributed by atoms with Crippen LogP contribution in [-0.4, -0.2) is 30.7 Å². The number of nitrogens with one attached hydrogen (secondary N) is 2. The van der Waals surface area contributed by atoms with Gasteiger partial charge in [-0.05, 0) is 19.4 Å². The molecule has 0 aliphatic heterocycles.